The molecule has 1 amide bonds. The highest BCUT2D eigenvalue weighted by Gasteiger charge is 2.23. The summed E-state index contributed by atoms with van der Waals surface area (Å²) in [4.78, 5) is 12.9. The quantitative estimate of drug-likeness (QED) is 0.443. The second-order valence-electron chi connectivity index (χ2n) is 8.17. The Morgan fingerprint density at radius 2 is 1.76 bits per heavy atom. The normalized spacial score (nSPS) is 15.0. The number of carbonyl (C=O) groups excluding carboxylic acids is 1. The first-order chi connectivity index (χ1) is 16.0. The van der Waals surface area contributed by atoms with E-state index in [1.807, 2.05) is 25.1 Å². The third-order valence-corrected chi connectivity index (χ3v) is 5.91. The van der Waals surface area contributed by atoms with Crippen molar-refractivity contribution in [1.82, 2.24) is 14.8 Å². The van der Waals surface area contributed by atoms with Crippen LogP contribution in [0.5, 0.6) is 11.5 Å². The predicted molar refractivity (Wildman–Crippen MR) is 123 cm³/mol. The van der Waals surface area contributed by atoms with E-state index >= 15 is 0 Å². The van der Waals surface area contributed by atoms with Crippen LogP contribution in [0.25, 0.3) is 0 Å². The summed E-state index contributed by atoms with van der Waals surface area (Å²) in [5.41, 5.74) is 2.43. The van der Waals surface area contributed by atoms with E-state index in [9.17, 15) is 9.18 Å². The van der Waals surface area contributed by atoms with Crippen molar-refractivity contribution in [2.75, 3.05) is 5.32 Å². The van der Waals surface area contributed by atoms with Gasteiger partial charge < -0.3 is 14.6 Å². The zero-order valence-electron chi connectivity index (χ0n) is 18.2. The van der Waals surface area contributed by atoms with Crippen molar-refractivity contribution in [2.45, 2.75) is 32.2 Å². The van der Waals surface area contributed by atoms with E-state index in [0.29, 0.717) is 28.7 Å². The first-order valence-corrected chi connectivity index (χ1v) is 10.9. The molecule has 1 aromatic heterocycles. The monoisotopic (exact) mass is 442 g/mol. The Bertz CT molecular complexity index is 1280. The number of nitrogens with one attached hydrogen (secondary N) is 1. The molecule has 0 fully saturated rings. The van der Waals surface area contributed by atoms with Crippen LogP contribution in [0, 0.1) is 12.7 Å². The molecule has 5 rings (SSSR count). The molecule has 4 aromatic rings. The summed E-state index contributed by atoms with van der Waals surface area (Å²) in [6, 6.07) is 20.7. The number of benzene rings is 3. The topological polar surface area (TPSA) is 69.0 Å². The van der Waals surface area contributed by atoms with Crippen molar-refractivity contribution in [3.8, 4) is 11.5 Å². The highest BCUT2D eigenvalue weighted by Crippen LogP contribution is 2.29. The lowest BCUT2D eigenvalue weighted by atomic mass is 9.90. The van der Waals surface area contributed by atoms with E-state index in [0.717, 1.165) is 36.6 Å². The van der Waals surface area contributed by atoms with E-state index in [2.05, 4.69) is 26.1 Å². The lowest BCUT2D eigenvalue weighted by Gasteiger charge is -2.24. The molecule has 6 nitrogen and oxygen atoms in total. The summed E-state index contributed by atoms with van der Waals surface area (Å²) in [6.45, 7) is 2.80. The second-order valence-corrected chi connectivity index (χ2v) is 8.17. The smallest absolute Gasteiger partial charge is 0.255 e. The standard InChI is InChI=1S/C26H23FN4O2/c1-17-29-30-25-14-5-20(16-31(17)25)18-3-2-4-19(15-18)26(32)28-22-8-12-24(13-9-22)33-23-10-6-21(27)7-11-23/h2-4,6-13,15,20H,5,14,16H2,1H3,(H,28,32)/t20-/m0/s1. The lowest BCUT2D eigenvalue weighted by molar-refractivity contribution is 0.102. The third-order valence-electron chi connectivity index (χ3n) is 5.91. The largest absolute Gasteiger partial charge is 0.457 e. The Morgan fingerprint density at radius 3 is 2.52 bits per heavy atom. The van der Waals surface area contributed by atoms with Crippen LogP contribution in [0.15, 0.2) is 72.8 Å². The Morgan fingerprint density at radius 1 is 1.03 bits per heavy atom. The van der Waals surface area contributed by atoms with Crippen LogP contribution in [-0.4, -0.2) is 20.7 Å². The number of ether oxygens (including phenoxy) is 1. The molecule has 0 saturated carbocycles. The average Bonchev–Trinajstić information content (AvgIpc) is 3.22. The van der Waals surface area contributed by atoms with Gasteiger partial charge in [-0.3, -0.25) is 4.79 Å². The third kappa shape index (κ3) is 4.62. The molecule has 1 N–H and O–H groups in total. The van der Waals surface area contributed by atoms with Gasteiger partial charge in [0.05, 0.1) is 0 Å². The lowest BCUT2D eigenvalue weighted by Crippen LogP contribution is -2.20. The Labute approximate surface area is 191 Å². The minimum Gasteiger partial charge on any atom is -0.457 e. The van der Waals surface area contributed by atoms with E-state index < -0.39 is 0 Å². The first kappa shape index (κ1) is 20.9. The summed E-state index contributed by atoms with van der Waals surface area (Å²) < 4.78 is 20.9. The molecule has 0 radical (unpaired) electrons. The summed E-state index contributed by atoms with van der Waals surface area (Å²) in [6.07, 6.45) is 1.87. The molecule has 0 unspecified atom stereocenters. The van der Waals surface area contributed by atoms with Crippen LogP contribution in [-0.2, 0) is 13.0 Å². The van der Waals surface area contributed by atoms with Gasteiger partial charge in [-0.15, -0.1) is 10.2 Å². The molecular weight excluding hydrogens is 419 g/mol. The zero-order valence-corrected chi connectivity index (χ0v) is 18.2. The van der Waals surface area contributed by atoms with Crippen molar-refractivity contribution >= 4 is 11.6 Å². The van der Waals surface area contributed by atoms with Gasteiger partial charge >= 0.3 is 0 Å². The van der Waals surface area contributed by atoms with Gasteiger partial charge in [-0.2, -0.15) is 0 Å². The predicted octanol–water partition coefficient (Wildman–Crippen LogP) is 5.50. The fraction of sp³-hybridized carbons (Fsp3) is 0.192. The molecule has 166 valence electrons. The van der Waals surface area contributed by atoms with E-state index in [1.165, 1.54) is 12.1 Å². The number of nitrogens with zero attached hydrogens (tertiary/aromatic N) is 3. The van der Waals surface area contributed by atoms with Gasteiger partial charge in [0.2, 0.25) is 0 Å². The fourth-order valence-electron chi connectivity index (χ4n) is 4.12. The van der Waals surface area contributed by atoms with Gasteiger partial charge in [-0.1, -0.05) is 12.1 Å². The maximum Gasteiger partial charge on any atom is 0.255 e. The van der Waals surface area contributed by atoms with E-state index in [4.69, 9.17) is 4.74 Å². The number of hydrogen-bond acceptors (Lipinski definition) is 4. The highest BCUT2D eigenvalue weighted by atomic mass is 19.1. The number of anilines is 1. The van der Waals surface area contributed by atoms with E-state index in [-0.39, 0.29) is 11.7 Å². The van der Waals surface area contributed by atoms with Gasteiger partial charge in [0.25, 0.3) is 5.91 Å². The molecule has 0 saturated heterocycles. The summed E-state index contributed by atoms with van der Waals surface area (Å²) in [5.74, 6) is 2.94. The molecule has 0 bridgehead atoms. The van der Waals surface area contributed by atoms with Gasteiger partial charge in [-0.05, 0) is 79.6 Å². The van der Waals surface area contributed by atoms with Gasteiger partial charge in [0.1, 0.15) is 29.0 Å². The van der Waals surface area contributed by atoms with Crippen molar-refractivity contribution in [1.29, 1.82) is 0 Å². The highest BCUT2D eigenvalue weighted by molar-refractivity contribution is 6.04. The Balaban J connectivity index is 1.25. The van der Waals surface area contributed by atoms with Gasteiger partial charge in [0, 0.05) is 30.1 Å². The summed E-state index contributed by atoms with van der Waals surface area (Å²) in [5, 5.41) is 11.3. The number of hydrogen-bond donors (Lipinski definition) is 1. The number of rotatable bonds is 5. The molecular formula is C26H23FN4O2. The number of carbonyl (C=O) groups is 1. The SMILES string of the molecule is Cc1nnc2n1C[C@@H](c1cccc(C(=O)Nc3ccc(Oc4ccc(F)cc4)cc3)c1)CC2. The minimum absolute atomic E-state index is 0.166. The number of amides is 1. The van der Waals surface area contributed by atoms with Crippen LogP contribution in [0.3, 0.4) is 0 Å². The number of aryl methyl sites for hydroxylation is 2. The Kier molecular flexibility index (Phi) is 5.60. The van der Waals surface area contributed by atoms with Crippen molar-refractivity contribution in [3.05, 3.63) is 101 Å². The van der Waals surface area contributed by atoms with Gasteiger partial charge in [0.15, 0.2) is 0 Å². The van der Waals surface area contributed by atoms with Crippen LogP contribution in [0.4, 0.5) is 10.1 Å². The second kappa shape index (κ2) is 8.86. The molecule has 3 aromatic carbocycles. The first-order valence-electron chi connectivity index (χ1n) is 10.9. The van der Waals surface area contributed by atoms with E-state index in [1.54, 1.807) is 36.4 Å². The van der Waals surface area contributed by atoms with Crippen molar-refractivity contribution in [2.24, 2.45) is 0 Å². The number of fused-ring (bicyclic) bond motifs is 1. The molecule has 1 aliphatic rings. The maximum absolute atomic E-state index is 13.0. The maximum atomic E-state index is 13.0. The molecule has 1 aliphatic heterocycles. The minimum atomic E-state index is -0.313. The van der Waals surface area contributed by atoms with Crippen LogP contribution in [0.1, 0.15) is 39.9 Å². The summed E-state index contributed by atoms with van der Waals surface area (Å²) >= 11 is 0. The number of halogens is 1. The summed E-state index contributed by atoms with van der Waals surface area (Å²) in [7, 11) is 0. The molecule has 0 aliphatic carbocycles. The molecule has 33 heavy (non-hydrogen) atoms. The number of aromatic nitrogens is 3. The molecule has 2 heterocycles. The Hall–Kier alpha value is -4.00. The molecule has 0 spiro atoms. The van der Waals surface area contributed by atoms with Crippen molar-refractivity contribution in [3.63, 3.8) is 0 Å². The van der Waals surface area contributed by atoms with Crippen molar-refractivity contribution < 1.29 is 13.9 Å². The fourth-order valence-corrected chi connectivity index (χ4v) is 4.12. The van der Waals surface area contributed by atoms with Crippen LogP contribution < -0.4 is 10.1 Å². The molecule has 7 heteroatoms. The zero-order chi connectivity index (χ0) is 22.8. The van der Waals surface area contributed by atoms with Crippen LogP contribution in [0.2, 0.25) is 0 Å². The molecule has 1 atom stereocenters. The van der Waals surface area contributed by atoms with Gasteiger partial charge in [-0.25, -0.2) is 4.39 Å². The van der Waals surface area contributed by atoms with Crippen LogP contribution >= 0.6 is 0 Å². The average molecular weight is 442 g/mol.